The van der Waals surface area contributed by atoms with Gasteiger partial charge >= 0.3 is 0 Å². The molecule has 2 aromatic rings. The Morgan fingerprint density at radius 3 is 3.00 bits per heavy atom. The number of hydrogen-bond donors (Lipinski definition) is 0. The molecule has 1 aromatic carbocycles. The second-order valence-corrected chi connectivity index (χ2v) is 6.74. The lowest BCUT2D eigenvalue weighted by molar-refractivity contribution is -0.138. The first-order valence-corrected chi connectivity index (χ1v) is 8.69. The highest BCUT2D eigenvalue weighted by atomic mass is 16.5. The number of nitrogens with zero attached hydrogens (tertiary/aromatic N) is 2. The summed E-state index contributed by atoms with van der Waals surface area (Å²) in [5, 5.41) is 4.12. The largest absolute Gasteiger partial charge is 0.497 e. The van der Waals surface area contributed by atoms with E-state index in [2.05, 4.69) is 5.16 Å². The van der Waals surface area contributed by atoms with Crippen molar-refractivity contribution in [3.05, 3.63) is 41.3 Å². The summed E-state index contributed by atoms with van der Waals surface area (Å²) in [6, 6.07) is 7.71. The summed E-state index contributed by atoms with van der Waals surface area (Å²) in [7, 11) is 1.63. The predicted octanol–water partition coefficient (Wildman–Crippen LogP) is 2.91. The van der Waals surface area contributed by atoms with Crippen molar-refractivity contribution in [2.24, 2.45) is 5.92 Å². The van der Waals surface area contributed by atoms with Crippen LogP contribution in [0.3, 0.4) is 0 Å². The summed E-state index contributed by atoms with van der Waals surface area (Å²) in [5.41, 5.74) is 1.91. The molecule has 25 heavy (non-hydrogen) atoms. The van der Waals surface area contributed by atoms with Crippen molar-refractivity contribution in [1.82, 2.24) is 10.1 Å². The van der Waals surface area contributed by atoms with Gasteiger partial charge in [0.15, 0.2) is 0 Å². The van der Waals surface area contributed by atoms with Crippen molar-refractivity contribution in [2.75, 3.05) is 20.3 Å². The molecule has 1 aromatic heterocycles. The summed E-state index contributed by atoms with van der Waals surface area (Å²) in [6.07, 6.45) is 2.61. The van der Waals surface area contributed by atoms with Gasteiger partial charge in [-0.05, 0) is 37.8 Å². The first-order chi connectivity index (χ1) is 12.2. The number of methoxy groups -OCH3 is 1. The molecule has 0 saturated carbocycles. The minimum Gasteiger partial charge on any atom is -0.497 e. The van der Waals surface area contributed by atoms with Gasteiger partial charge in [0.2, 0.25) is 5.91 Å². The standard InChI is InChI=1S/C19H22N2O4/c1-12-8-16(20-25-12)17-4-3-7-21(17)19(22)14-9-13-5-6-15(23-2)10-18(13)24-11-14/h5-6,8,10,14,17H,3-4,7,9,11H2,1-2H3/t14-,17-/m1/s1. The van der Waals surface area contributed by atoms with Crippen molar-refractivity contribution in [3.63, 3.8) is 0 Å². The monoisotopic (exact) mass is 342 g/mol. The fourth-order valence-corrected chi connectivity index (χ4v) is 3.75. The smallest absolute Gasteiger partial charge is 0.230 e. The van der Waals surface area contributed by atoms with Gasteiger partial charge in [-0.25, -0.2) is 0 Å². The predicted molar refractivity (Wildman–Crippen MR) is 90.6 cm³/mol. The van der Waals surface area contributed by atoms with Crippen molar-refractivity contribution in [1.29, 1.82) is 0 Å². The topological polar surface area (TPSA) is 64.8 Å². The Morgan fingerprint density at radius 2 is 2.24 bits per heavy atom. The molecule has 2 aliphatic rings. The van der Waals surface area contributed by atoms with Gasteiger partial charge in [0.05, 0.1) is 19.1 Å². The number of hydrogen-bond acceptors (Lipinski definition) is 5. The van der Waals surface area contributed by atoms with Crippen LogP contribution >= 0.6 is 0 Å². The summed E-state index contributed by atoms with van der Waals surface area (Å²) in [4.78, 5) is 15.0. The lowest BCUT2D eigenvalue weighted by atomic mass is 9.95. The van der Waals surface area contributed by atoms with Gasteiger partial charge in [-0.15, -0.1) is 0 Å². The molecule has 4 rings (SSSR count). The van der Waals surface area contributed by atoms with E-state index in [1.165, 1.54) is 0 Å². The fraction of sp³-hybridized carbons (Fsp3) is 0.474. The Bertz CT molecular complexity index is 785. The molecule has 1 amide bonds. The number of carbonyl (C=O) groups is 1. The zero-order chi connectivity index (χ0) is 17.4. The normalized spacial score (nSPS) is 22.4. The lowest BCUT2D eigenvalue weighted by Gasteiger charge is -2.31. The molecule has 0 radical (unpaired) electrons. The molecule has 2 atom stereocenters. The van der Waals surface area contributed by atoms with Gasteiger partial charge in [-0.3, -0.25) is 4.79 Å². The van der Waals surface area contributed by atoms with Crippen molar-refractivity contribution in [2.45, 2.75) is 32.2 Å². The Balaban J connectivity index is 1.51. The Kier molecular flexibility index (Phi) is 4.11. The van der Waals surface area contributed by atoms with E-state index in [1.807, 2.05) is 36.1 Å². The number of rotatable bonds is 3. The van der Waals surface area contributed by atoms with Crippen LogP contribution in [-0.2, 0) is 11.2 Å². The number of aryl methyl sites for hydroxylation is 1. The number of aromatic nitrogens is 1. The maximum Gasteiger partial charge on any atom is 0.230 e. The van der Waals surface area contributed by atoms with Crippen LogP contribution in [0.25, 0.3) is 0 Å². The minimum atomic E-state index is -0.158. The van der Waals surface area contributed by atoms with E-state index in [0.29, 0.717) is 13.0 Å². The van der Waals surface area contributed by atoms with Gasteiger partial charge in [0.1, 0.15) is 29.6 Å². The number of likely N-dealkylation sites (tertiary alicyclic amines) is 1. The molecule has 3 heterocycles. The van der Waals surface area contributed by atoms with Crippen molar-refractivity contribution < 1.29 is 18.8 Å². The van der Waals surface area contributed by atoms with Crippen LogP contribution in [-0.4, -0.2) is 36.2 Å². The molecule has 0 unspecified atom stereocenters. The maximum absolute atomic E-state index is 13.1. The van der Waals surface area contributed by atoms with Crippen LogP contribution < -0.4 is 9.47 Å². The first-order valence-electron chi connectivity index (χ1n) is 8.69. The van der Waals surface area contributed by atoms with Crippen molar-refractivity contribution >= 4 is 5.91 Å². The molecular weight excluding hydrogens is 320 g/mol. The third-order valence-corrected chi connectivity index (χ3v) is 5.05. The first kappa shape index (κ1) is 16.0. The highest BCUT2D eigenvalue weighted by molar-refractivity contribution is 5.80. The van der Waals surface area contributed by atoms with Crippen LogP contribution in [0.1, 0.15) is 35.9 Å². The number of benzene rings is 1. The third-order valence-electron chi connectivity index (χ3n) is 5.05. The highest BCUT2D eigenvalue weighted by Crippen LogP contribution is 2.36. The zero-order valence-corrected chi connectivity index (χ0v) is 14.5. The van der Waals surface area contributed by atoms with Gasteiger partial charge in [0.25, 0.3) is 0 Å². The summed E-state index contributed by atoms with van der Waals surface area (Å²) >= 11 is 0. The maximum atomic E-state index is 13.1. The Labute approximate surface area is 146 Å². The molecule has 1 saturated heterocycles. The number of carbonyl (C=O) groups excluding carboxylic acids is 1. The van der Waals surface area contributed by atoms with Crippen molar-refractivity contribution in [3.8, 4) is 11.5 Å². The van der Waals surface area contributed by atoms with Gasteiger partial charge in [-0.1, -0.05) is 11.2 Å². The average Bonchev–Trinajstić information content (AvgIpc) is 3.28. The Morgan fingerprint density at radius 1 is 1.36 bits per heavy atom. The minimum absolute atomic E-state index is 0.0159. The quantitative estimate of drug-likeness (QED) is 0.858. The van der Waals surface area contributed by atoms with Crippen LogP contribution in [0.15, 0.2) is 28.8 Å². The van der Waals surface area contributed by atoms with Crippen LogP contribution in [0.2, 0.25) is 0 Å². The molecule has 0 N–H and O–H groups in total. The van der Waals surface area contributed by atoms with Gasteiger partial charge in [0, 0.05) is 18.7 Å². The second kappa shape index (κ2) is 6.43. The van der Waals surface area contributed by atoms with E-state index in [-0.39, 0.29) is 17.9 Å². The summed E-state index contributed by atoms with van der Waals surface area (Å²) in [6.45, 7) is 3.04. The molecule has 2 aliphatic heterocycles. The van der Waals surface area contributed by atoms with E-state index in [0.717, 1.165) is 47.9 Å². The number of fused-ring (bicyclic) bond motifs is 1. The van der Waals surface area contributed by atoms with E-state index in [4.69, 9.17) is 14.0 Å². The molecule has 132 valence electrons. The van der Waals surface area contributed by atoms with Crippen LogP contribution in [0.4, 0.5) is 0 Å². The van der Waals surface area contributed by atoms with Crippen LogP contribution in [0.5, 0.6) is 11.5 Å². The molecule has 6 heteroatoms. The third kappa shape index (κ3) is 2.97. The molecule has 0 bridgehead atoms. The summed E-state index contributed by atoms with van der Waals surface area (Å²) < 4.78 is 16.3. The fourth-order valence-electron chi connectivity index (χ4n) is 3.75. The van der Waals surface area contributed by atoms with Crippen LogP contribution in [0, 0.1) is 12.8 Å². The van der Waals surface area contributed by atoms with E-state index < -0.39 is 0 Å². The van der Waals surface area contributed by atoms with Gasteiger partial charge < -0.3 is 18.9 Å². The molecule has 0 spiro atoms. The highest BCUT2D eigenvalue weighted by Gasteiger charge is 2.37. The molecule has 1 fully saturated rings. The van der Waals surface area contributed by atoms with E-state index in [9.17, 15) is 4.79 Å². The average molecular weight is 342 g/mol. The number of ether oxygens (including phenoxy) is 2. The van der Waals surface area contributed by atoms with E-state index in [1.54, 1.807) is 7.11 Å². The van der Waals surface area contributed by atoms with E-state index >= 15 is 0 Å². The van der Waals surface area contributed by atoms with Gasteiger partial charge in [-0.2, -0.15) is 0 Å². The second-order valence-electron chi connectivity index (χ2n) is 6.74. The summed E-state index contributed by atoms with van der Waals surface area (Å²) in [5.74, 6) is 2.34. The molecular formula is C19H22N2O4. The Hall–Kier alpha value is -2.50. The SMILES string of the molecule is COc1ccc2c(c1)OC[C@H](C(=O)N1CCC[C@@H]1c1cc(C)on1)C2. The lowest BCUT2D eigenvalue weighted by Crippen LogP contribution is -2.40. The zero-order valence-electron chi connectivity index (χ0n) is 14.5. The number of amides is 1. The molecule has 0 aliphatic carbocycles. The molecule has 6 nitrogen and oxygen atoms in total.